The molecule has 5 N–H and O–H groups in total. The van der Waals surface area contributed by atoms with Crippen LogP contribution in [-0.4, -0.2) is 47.6 Å². The van der Waals surface area contributed by atoms with Crippen LogP contribution >= 0.6 is 0 Å². The number of nitrogens with one attached hydrogen (secondary N) is 1. The Morgan fingerprint density at radius 2 is 1.18 bits per heavy atom. The van der Waals surface area contributed by atoms with Crippen LogP contribution in [-0.2, 0) is 25.0 Å². The first kappa shape index (κ1) is 30.8. The Balaban J connectivity index is 1.29. The van der Waals surface area contributed by atoms with E-state index in [1.54, 1.807) is 24.3 Å². The van der Waals surface area contributed by atoms with Crippen LogP contribution in [0.25, 0.3) is 10.8 Å². The minimum Gasteiger partial charge on any atom is -0.507 e. The first-order chi connectivity index (χ1) is 21.3. The summed E-state index contributed by atoms with van der Waals surface area (Å²) in [6.07, 6.45) is 2.12. The average molecular weight is 649 g/mol. The van der Waals surface area contributed by atoms with E-state index in [0.29, 0.717) is 28.1 Å². The van der Waals surface area contributed by atoms with Crippen LogP contribution in [0.5, 0.6) is 5.75 Å². The molecule has 0 aliphatic heterocycles. The fraction of sp³-hybridized carbons (Fsp3) is 0. The van der Waals surface area contributed by atoms with Crippen LogP contribution < -0.4 is 5.43 Å². The molecule has 45 heavy (non-hydrogen) atoms. The van der Waals surface area contributed by atoms with Gasteiger partial charge in [0.15, 0.2) is 0 Å². The SMILES string of the molecule is O=C1C=C(O)C(N=Nc2ccc(N=Nc3ccc(S(=O)(=O)O)cc3)cc2)=C/C1=N\Nc1ccc2c(O)cc(S(=O)(=O)O)cc2c1. The summed E-state index contributed by atoms with van der Waals surface area (Å²) < 4.78 is 63.6. The molecule has 4 aromatic rings. The maximum absolute atomic E-state index is 12.4. The van der Waals surface area contributed by atoms with Crippen LogP contribution in [0.15, 0.2) is 138 Å². The molecule has 5 rings (SSSR count). The number of aromatic hydroxyl groups is 1. The predicted molar refractivity (Wildman–Crippen MR) is 162 cm³/mol. The Kier molecular flexibility index (Phi) is 8.34. The van der Waals surface area contributed by atoms with E-state index in [0.717, 1.165) is 18.2 Å². The molecule has 1 aliphatic carbocycles. The van der Waals surface area contributed by atoms with Crippen molar-refractivity contribution in [1.29, 1.82) is 0 Å². The summed E-state index contributed by atoms with van der Waals surface area (Å²) in [5.41, 5.74) is 3.95. The van der Waals surface area contributed by atoms with Gasteiger partial charge in [-0.1, -0.05) is 0 Å². The lowest BCUT2D eigenvalue weighted by molar-refractivity contribution is -0.109. The summed E-state index contributed by atoms with van der Waals surface area (Å²) in [7, 11) is -8.88. The molecule has 0 fully saturated rings. The average Bonchev–Trinajstić information content (AvgIpc) is 2.99. The van der Waals surface area contributed by atoms with E-state index in [9.17, 15) is 36.4 Å². The maximum atomic E-state index is 12.4. The zero-order valence-electron chi connectivity index (χ0n) is 22.5. The summed E-state index contributed by atoms with van der Waals surface area (Å²) in [6, 6.07) is 18.0. The Labute approximate surface area is 254 Å². The van der Waals surface area contributed by atoms with Crippen molar-refractivity contribution in [3.05, 3.63) is 102 Å². The van der Waals surface area contributed by atoms with Crippen LogP contribution in [0.2, 0.25) is 0 Å². The van der Waals surface area contributed by atoms with Crippen molar-refractivity contribution in [3.8, 4) is 5.75 Å². The highest BCUT2D eigenvalue weighted by Crippen LogP contribution is 2.31. The number of nitrogens with zero attached hydrogens (tertiary/aromatic N) is 5. The molecule has 0 atom stereocenters. The molecular formula is C28H20N6O9S2. The van der Waals surface area contributed by atoms with Gasteiger partial charge in [0.1, 0.15) is 22.9 Å². The van der Waals surface area contributed by atoms with E-state index in [-0.39, 0.29) is 27.4 Å². The van der Waals surface area contributed by atoms with Crippen LogP contribution in [0.4, 0.5) is 22.7 Å². The summed E-state index contributed by atoms with van der Waals surface area (Å²) >= 11 is 0. The fourth-order valence-electron chi connectivity index (χ4n) is 3.88. The van der Waals surface area contributed by atoms with Gasteiger partial charge < -0.3 is 10.2 Å². The van der Waals surface area contributed by atoms with Gasteiger partial charge in [0.25, 0.3) is 20.2 Å². The van der Waals surface area contributed by atoms with Gasteiger partial charge in [-0.15, -0.1) is 5.11 Å². The number of ketones is 1. The zero-order chi connectivity index (χ0) is 32.4. The highest BCUT2D eigenvalue weighted by molar-refractivity contribution is 7.86. The van der Waals surface area contributed by atoms with Gasteiger partial charge in [0.05, 0.1) is 32.5 Å². The number of phenolic OH excluding ortho intramolecular Hbond substituents is 1. The molecule has 4 aromatic carbocycles. The van der Waals surface area contributed by atoms with E-state index in [2.05, 4.69) is 31.0 Å². The molecule has 0 bridgehead atoms. The Morgan fingerprint density at radius 1 is 0.622 bits per heavy atom. The van der Waals surface area contributed by atoms with Gasteiger partial charge in [-0.2, -0.15) is 37.3 Å². The number of allylic oxidation sites excluding steroid dienone is 2. The van der Waals surface area contributed by atoms with Gasteiger partial charge in [-0.25, -0.2) is 0 Å². The molecule has 0 unspecified atom stereocenters. The molecule has 15 nitrogen and oxygen atoms in total. The second kappa shape index (κ2) is 12.2. The summed E-state index contributed by atoms with van der Waals surface area (Å²) in [4.78, 5) is 11.6. The minimum atomic E-state index is -4.56. The predicted octanol–water partition coefficient (Wildman–Crippen LogP) is 5.91. The summed E-state index contributed by atoms with van der Waals surface area (Å²) in [6.45, 7) is 0. The van der Waals surface area contributed by atoms with E-state index in [4.69, 9.17) is 4.55 Å². The lowest BCUT2D eigenvalue weighted by atomic mass is 10.1. The number of phenols is 1. The first-order valence-corrected chi connectivity index (χ1v) is 15.4. The lowest BCUT2D eigenvalue weighted by Crippen LogP contribution is -2.16. The Morgan fingerprint density at radius 3 is 1.76 bits per heavy atom. The largest absolute Gasteiger partial charge is 0.507 e. The normalized spacial score (nSPS) is 15.2. The number of fused-ring (bicyclic) bond motifs is 1. The molecule has 0 aromatic heterocycles. The van der Waals surface area contributed by atoms with Gasteiger partial charge in [0, 0.05) is 23.6 Å². The monoisotopic (exact) mass is 648 g/mol. The Hall–Kier alpha value is -5.62. The molecule has 1 aliphatic rings. The first-order valence-electron chi connectivity index (χ1n) is 12.5. The van der Waals surface area contributed by atoms with E-state index >= 15 is 0 Å². The number of carbonyl (C=O) groups is 1. The van der Waals surface area contributed by atoms with Gasteiger partial charge in [0.2, 0.25) is 5.78 Å². The number of hydrogen-bond acceptors (Lipinski definition) is 13. The van der Waals surface area contributed by atoms with Crippen molar-refractivity contribution in [1.82, 2.24) is 0 Å². The number of rotatable bonds is 8. The van der Waals surface area contributed by atoms with Crippen molar-refractivity contribution in [2.24, 2.45) is 25.6 Å². The van der Waals surface area contributed by atoms with Gasteiger partial charge in [-0.05, 0) is 78.2 Å². The third kappa shape index (κ3) is 7.48. The van der Waals surface area contributed by atoms with Crippen LogP contribution in [0, 0.1) is 0 Å². The Bertz CT molecular complexity index is 2210. The molecule has 0 spiro atoms. The smallest absolute Gasteiger partial charge is 0.294 e. The number of carbonyl (C=O) groups excluding carboxylic acids is 1. The molecule has 228 valence electrons. The number of benzene rings is 4. The number of aliphatic hydroxyl groups excluding tert-OH is 1. The molecule has 0 saturated heterocycles. The number of hydrazone groups is 1. The fourth-order valence-corrected chi connectivity index (χ4v) is 4.89. The third-order valence-corrected chi connectivity index (χ3v) is 7.80. The van der Waals surface area contributed by atoms with E-state index in [1.165, 1.54) is 48.5 Å². The van der Waals surface area contributed by atoms with E-state index in [1.807, 2.05) is 0 Å². The second-order valence-electron chi connectivity index (χ2n) is 9.27. The molecule has 0 saturated carbocycles. The minimum absolute atomic E-state index is 0.0616. The van der Waals surface area contributed by atoms with Crippen LogP contribution in [0.1, 0.15) is 0 Å². The number of azo groups is 2. The zero-order valence-corrected chi connectivity index (χ0v) is 24.2. The maximum Gasteiger partial charge on any atom is 0.294 e. The van der Waals surface area contributed by atoms with Crippen molar-refractivity contribution >= 4 is 65.3 Å². The third-order valence-electron chi connectivity index (χ3n) is 6.10. The molecular weight excluding hydrogens is 628 g/mol. The van der Waals surface area contributed by atoms with Crippen molar-refractivity contribution in [3.63, 3.8) is 0 Å². The standard InChI is InChI=1S/C28H20N6O9S2/c35-26-13-22(45(41,42)43)12-16-11-20(7-10-23(16)26)32-34-25-14-24(27(36)15-28(25)37)33-31-18-3-1-17(2-4-18)29-30-19-5-8-21(9-6-19)44(38,39)40/h1-15,32,35-36H,(H,38,39,40)(H,41,42,43)/b30-29?,33-31?,34-25+. The summed E-state index contributed by atoms with van der Waals surface area (Å²) in [5.74, 6) is -1.43. The van der Waals surface area contributed by atoms with Crippen LogP contribution in [0.3, 0.4) is 0 Å². The van der Waals surface area contributed by atoms with Gasteiger partial charge in [-0.3, -0.25) is 19.3 Å². The highest BCUT2D eigenvalue weighted by Gasteiger charge is 2.19. The molecule has 0 amide bonds. The number of aliphatic hydroxyl groups is 1. The quantitative estimate of drug-likeness (QED) is 0.0654. The topological polar surface area (TPSA) is 240 Å². The number of anilines is 1. The molecule has 0 heterocycles. The van der Waals surface area contributed by atoms with Crippen molar-refractivity contribution in [2.75, 3.05) is 5.43 Å². The van der Waals surface area contributed by atoms with Crippen molar-refractivity contribution < 1.29 is 40.9 Å². The van der Waals surface area contributed by atoms with Gasteiger partial charge >= 0.3 is 0 Å². The lowest BCUT2D eigenvalue weighted by Gasteiger charge is -2.09. The second-order valence-corrected chi connectivity index (χ2v) is 12.1. The van der Waals surface area contributed by atoms with E-state index < -0.39 is 36.7 Å². The molecule has 0 radical (unpaired) electrons. The van der Waals surface area contributed by atoms with Crippen molar-refractivity contribution in [2.45, 2.75) is 9.79 Å². The summed E-state index contributed by atoms with van der Waals surface area (Å²) in [5, 5.41) is 41.0. The molecule has 17 heteroatoms. The highest BCUT2D eigenvalue weighted by atomic mass is 32.2. The number of hydrogen-bond donors (Lipinski definition) is 5.